The van der Waals surface area contributed by atoms with Gasteiger partial charge in [0.1, 0.15) is 5.15 Å². The van der Waals surface area contributed by atoms with Crippen LogP contribution in [-0.2, 0) is 0 Å². The molecule has 0 unspecified atom stereocenters. The van der Waals surface area contributed by atoms with Gasteiger partial charge < -0.3 is 15.5 Å². The van der Waals surface area contributed by atoms with Gasteiger partial charge in [0.25, 0.3) is 5.91 Å². The predicted molar refractivity (Wildman–Crippen MR) is 97.7 cm³/mol. The highest BCUT2D eigenvalue weighted by atomic mass is 35.5. The summed E-state index contributed by atoms with van der Waals surface area (Å²) < 4.78 is 0. The van der Waals surface area contributed by atoms with Crippen molar-refractivity contribution >= 4 is 28.9 Å². The van der Waals surface area contributed by atoms with Crippen LogP contribution in [0.5, 0.6) is 0 Å². The van der Waals surface area contributed by atoms with Crippen molar-refractivity contribution in [3.63, 3.8) is 0 Å². The van der Waals surface area contributed by atoms with E-state index in [2.05, 4.69) is 41.9 Å². The average molecular weight is 345 g/mol. The lowest BCUT2D eigenvalue weighted by Gasteiger charge is -2.37. The number of aromatic nitrogens is 1. The molecule has 2 aromatic rings. The molecule has 1 aliphatic heterocycles. The number of anilines is 2. The van der Waals surface area contributed by atoms with Gasteiger partial charge in [-0.2, -0.15) is 0 Å². The van der Waals surface area contributed by atoms with Crippen molar-refractivity contribution in [3.8, 4) is 0 Å². The summed E-state index contributed by atoms with van der Waals surface area (Å²) in [5, 5.41) is 0.279. The molecule has 3 rings (SSSR count). The summed E-state index contributed by atoms with van der Waals surface area (Å²) in [7, 11) is 0. The summed E-state index contributed by atoms with van der Waals surface area (Å²) in [6, 6.07) is 7.88. The Labute approximate surface area is 147 Å². The lowest BCUT2D eigenvalue weighted by atomic mass is 10.1. The molecule has 0 saturated carbocycles. The van der Waals surface area contributed by atoms with Crippen LogP contribution in [0.15, 0.2) is 30.5 Å². The lowest BCUT2D eigenvalue weighted by molar-refractivity contribution is 0.0747. The largest absolute Gasteiger partial charge is 0.397 e. The molecule has 5 nitrogen and oxygen atoms in total. The number of nitrogens with zero attached hydrogens (tertiary/aromatic N) is 3. The monoisotopic (exact) mass is 344 g/mol. The number of aryl methyl sites for hydroxylation is 1. The number of halogens is 1. The number of rotatable bonds is 2. The average Bonchev–Trinajstić information content (AvgIpc) is 2.59. The second-order valence-electron chi connectivity index (χ2n) is 6.09. The Kier molecular flexibility index (Phi) is 4.62. The number of carbonyl (C=O) groups excluding carboxylic acids is 1. The van der Waals surface area contributed by atoms with Gasteiger partial charge in [-0.3, -0.25) is 4.79 Å². The summed E-state index contributed by atoms with van der Waals surface area (Å²) in [5.74, 6) is -0.0857. The Morgan fingerprint density at radius 1 is 1.21 bits per heavy atom. The standard InChI is InChI=1S/C18H21ClN4O/c1-12-4-3-5-16(13(12)2)22-6-8-23(9-7-22)18(24)14-10-17(19)21-11-15(14)20/h3-5,10-11H,6-9,20H2,1-2H3. The maximum Gasteiger partial charge on any atom is 0.256 e. The van der Waals surface area contributed by atoms with Crippen molar-refractivity contribution in [2.75, 3.05) is 36.8 Å². The smallest absolute Gasteiger partial charge is 0.256 e. The second-order valence-corrected chi connectivity index (χ2v) is 6.48. The van der Waals surface area contributed by atoms with Gasteiger partial charge in [0.2, 0.25) is 0 Å². The minimum Gasteiger partial charge on any atom is -0.397 e. The van der Waals surface area contributed by atoms with Crippen LogP contribution in [0.25, 0.3) is 0 Å². The maximum atomic E-state index is 12.7. The molecule has 0 atom stereocenters. The molecule has 0 radical (unpaired) electrons. The molecule has 1 aromatic carbocycles. The molecule has 2 N–H and O–H groups in total. The first-order chi connectivity index (χ1) is 11.5. The molecule has 1 amide bonds. The van der Waals surface area contributed by atoms with Crippen molar-refractivity contribution in [1.29, 1.82) is 0 Å². The fraction of sp³-hybridized carbons (Fsp3) is 0.333. The van der Waals surface area contributed by atoms with Crippen LogP contribution < -0.4 is 10.6 Å². The van der Waals surface area contributed by atoms with Gasteiger partial charge in [-0.1, -0.05) is 23.7 Å². The lowest BCUT2D eigenvalue weighted by Crippen LogP contribution is -2.49. The first-order valence-corrected chi connectivity index (χ1v) is 8.36. The Balaban J connectivity index is 1.72. The Bertz CT molecular complexity index is 770. The van der Waals surface area contributed by atoms with E-state index in [-0.39, 0.29) is 11.1 Å². The third-order valence-electron chi connectivity index (χ3n) is 4.62. The first kappa shape index (κ1) is 16.6. The number of nitrogens with two attached hydrogens (primary N) is 1. The summed E-state index contributed by atoms with van der Waals surface area (Å²) in [6.07, 6.45) is 1.43. The van der Waals surface area contributed by atoms with Crippen LogP contribution in [0.2, 0.25) is 5.15 Å². The molecular formula is C18H21ClN4O. The van der Waals surface area contributed by atoms with Crippen molar-refractivity contribution in [1.82, 2.24) is 9.88 Å². The number of amides is 1. The molecule has 126 valence electrons. The zero-order chi connectivity index (χ0) is 17.3. The zero-order valence-corrected chi connectivity index (χ0v) is 14.7. The Morgan fingerprint density at radius 2 is 1.92 bits per heavy atom. The molecular weight excluding hydrogens is 324 g/mol. The molecule has 1 saturated heterocycles. The minimum atomic E-state index is -0.0857. The molecule has 0 aliphatic carbocycles. The number of hydrogen-bond acceptors (Lipinski definition) is 4. The number of carbonyl (C=O) groups is 1. The molecule has 0 bridgehead atoms. The molecule has 6 heteroatoms. The van der Waals surface area contributed by atoms with E-state index in [0.29, 0.717) is 24.3 Å². The van der Waals surface area contributed by atoms with Crippen molar-refractivity contribution in [3.05, 3.63) is 52.3 Å². The van der Waals surface area contributed by atoms with Crippen LogP contribution >= 0.6 is 11.6 Å². The van der Waals surface area contributed by atoms with Crippen LogP contribution in [0, 0.1) is 13.8 Å². The Hall–Kier alpha value is -2.27. The van der Waals surface area contributed by atoms with E-state index in [1.54, 1.807) is 0 Å². The van der Waals surface area contributed by atoms with Gasteiger partial charge in [0.05, 0.1) is 17.4 Å². The third-order valence-corrected chi connectivity index (χ3v) is 4.82. The highest BCUT2D eigenvalue weighted by molar-refractivity contribution is 6.29. The van der Waals surface area contributed by atoms with Gasteiger partial charge in [0, 0.05) is 31.9 Å². The summed E-state index contributed by atoms with van der Waals surface area (Å²) >= 11 is 5.89. The van der Waals surface area contributed by atoms with E-state index >= 15 is 0 Å². The molecule has 0 spiro atoms. The first-order valence-electron chi connectivity index (χ1n) is 7.99. The van der Waals surface area contributed by atoms with Crippen LogP contribution in [-0.4, -0.2) is 42.0 Å². The number of pyridine rings is 1. The second kappa shape index (κ2) is 6.69. The normalized spacial score (nSPS) is 14.8. The third kappa shape index (κ3) is 3.17. The van der Waals surface area contributed by atoms with E-state index < -0.39 is 0 Å². The van der Waals surface area contributed by atoms with Gasteiger partial charge in [0.15, 0.2) is 0 Å². The van der Waals surface area contributed by atoms with Crippen molar-refractivity contribution in [2.24, 2.45) is 0 Å². The van der Waals surface area contributed by atoms with E-state index in [0.717, 1.165) is 13.1 Å². The van der Waals surface area contributed by atoms with E-state index in [1.807, 2.05) is 4.90 Å². The van der Waals surface area contributed by atoms with E-state index in [4.69, 9.17) is 17.3 Å². The fourth-order valence-corrected chi connectivity index (χ4v) is 3.18. The summed E-state index contributed by atoms with van der Waals surface area (Å²) in [6.45, 7) is 7.18. The molecule has 1 aromatic heterocycles. The molecule has 2 heterocycles. The van der Waals surface area contributed by atoms with Gasteiger partial charge in [-0.05, 0) is 37.1 Å². The minimum absolute atomic E-state index is 0.0857. The van der Waals surface area contributed by atoms with Gasteiger partial charge in [-0.15, -0.1) is 0 Å². The number of benzene rings is 1. The van der Waals surface area contributed by atoms with Gasteiger partial charge in [-0.25, -0.2) is 4.98 Å². The SMILES string of the molecule is Cc1cccc(N2CCN(C(=O)c3cc(Cl)ncc3N)CC2)c1C. The number of nitrogen functional groups attached to an aromatic ring is 1. The van der Waals surface area contributed by atoms with Gasteiger partial charge >= 0.3 is 0 Å². The summed E-state index contributed by atoms with van der Waals surface area (Å²) in [4.78, 5) is 20.7. The van der Waals surface area contributed by atoms with Crippen LogP contribution in [0.4, 0.5) is 11.4 Å². The quantitative estimate of drug-likeness (QED) is 0.851. The number of hydrogen-bond donors (Lipinski definition) is 1. The summed E-state index contributed by atoms with van der Waals surface area (Å²) in [5.41, 5.74) is 10.5. The van der Waals surface area contributed by atoms with E-state index in [9.17, 15) is 4.79 Å². The highest BCUT2D eigenvalue weighted by Gasteiger charge is 2.24. The zero-order valence-electron chi connectivity index (χ0n) is 13.9. The predicted octanol–water partition coefficient (Wildman–Crippen LogP) is 2.90. The van der Waals surface area contributed by atoms with Crippen LogP contribution in [0.1, 0.15) is 21.5 Å². The molecule has 1 fully saturated rings. The van der Waals surface area contributed by atoms with E-state index in [1.165, 1.54) is 29.1 Å². The van der Waals surface area contributed by atoms with Crippen molar-refractivity contribution < 1.29 is 4.79 Å². The molecule has 24 heavy (non-hydrogen) atoms. The highest BCUT2D eigenvalue weighted by Crippen LogP contribution is 2.25. The topological polar surface area (TPSA) is 62.5 Å². The fourth-order valence-electron chi connectivity index (χ4n) is 3.02. The van der Waals surface area contributed by atoms with Crippen molar-refractivity contribution in [2.45, 2.75) is 13.8 Å². The molecule has 1 aliphatic rings. The maximum absolute atomic E-state index is 12.7. The number of piperazine rings is 1. The Morgan fingerprint density at radius 3 is 2.62 bits per heavy atom. The van der Waals surface area contributed by atoms with Crippen LogP contribution in [0.3, 0.4) is 0 Å².